The van der Waals surface area contributed by atoms with Crippen LogP contribution in [0.1, 0.15) is 22.6 Å². The zero-order valence-electron chi connectivity index (χ0n) is 21.6. The molecule has 2 atom stereocenters. The largest absolute Gasteiger partial charge is 0.416 e. The first-order chi connectivity index (χ1) is 18.7. The molecule has 0 saturated carbocycles. The third-order valence-electron chi connectivity index (χ3n) is 7.19. The molecule has 40 heavy (non-hydrogen) atoms. The number of likely N-dealkylation sites (tertiary alicyclic amines) is 1. The molecule has 2 heterocycles. The molecule has 2 aromatic rings. The van der Waals surface area contributed by atoms with Crippen molar-refractivity contribution in [2.75, 3.05) is 58.4 Å². The second-order valence-electron chi connectivity index (χ2n) is 9.73. The lowest BCUT2D eigenvalue weighted by Gasteiger charge is -2.33. The summed E-state index contributed by atoms with van der Waals surface area (Å²) < 4.78 is 99.2. The van der Waals surface area contributed by atoms with Crippen LogP contribution < -0.4 is 4.90 Å². The predicted molar refractivity (Wildman–Crippen MR) is 130 cm³/mol. The highest BCUT2D eigenvalue weighted by Crippen LogP contribution is 2.39. The number of hydrogen-bond acceptors (Lipinski definition) is 3. The number of amides is 4. The van der Waals surface area contributed by atoms with E-state index in [1.807, 2.05) is 0 Å². The van der Waals surface area contributed by atoms with Crippen LogP contribution in [0.2, 0.25) is 0 Å². The number of hydrogen-bond donors (Lipinski definition) is 0. The molecule has 0 aromatic heterocycles. The second-order valence-corrected chi connectivity index (χ2v) is 9.73. The molecule has 0 spiro atoms. The number of rotatable bonds is 3. The SMILES string of the molecule is CN(C(=O)N(C)[C@@H]1CN(C(=O)N2CCOCC2)C[C@H]1c1ccc(F)cc1)c1cc(C(F)(F)F)cc(C(F)(F)F)c1. The Morgan fingerprint density at radius 1 is 0.850 bits per heavy atom. The predicted octanol–water partition coefficient (Wildman–Crippen LogP) is 5.27. The minimum Gasteiger partial charge on any atom is -0.378 e. The number of anilines is 1. The van der Waals surface area contributed by atoms with Crippen LogP contribution in [-0.2, 0) is 17.1 Å². The van der Waals surface area contributed by atoms with Gasteiger partial charge in [-0.2, -0.15) is 26.3 Å². The monoisotopic (exact) mass is 576 g/mol. The number of nitrogens with zero attached hydrogens (tertiary/aromatic N) is 4. The molecule has 0 unspecified atom stereocenters. The maximum atomic E-state index is 13.6. The van der Waals surface area contributed by atoms with Crippen molar-refractivity contribution in [3.8, 4) is 0 Å². The Hall–Kier alpha value is -3.55. The zero-order chi connectivity index (χ0) is 29.4. The molecule has 2 saturated heterocycles. The first-order valence-corrected chi connectivity index (χ1v) is 12.3. The lowest BCUT2D eigenvalue weighted by atomic mass is 9.93. The van der Waals surface area contributed by atoms with Gasteiger partial charge in [0.15, 0.2) is 0 Å². The van der Waals surface area contributed by atoms with Gasteiger partial charge < -0.3 is 19.4 Å². The Bertz CT molecular complexity index is 1200. The zero-order valence-corrected chi connectivity index (χ0v) is 21.6. The van der Waals surface area contributed by atoms with E-state index in [-0.39, 0.29) is 25.2 Å². The van der Waals surface area contributed by atoms with E-state index in [1.54, 1.807) is 4.90 Å². The summed E-state index contributed by atoms with van der Waals surface area (Å²) >= 11 is 0. The minimum absolute atomic E-state index is 0.0117. The Labute approximate surface area is 225 Å². The number of urea groups is 2. The third-order valence-corrected chi connectivity index (χ3v) is 7.19. The first kappa shape index (κ1) is 29.4. The molecule has 2 aromatic carbocycles. The summed E-state index contributed by atoms with van der Waals surface area (Å²) in [6.45, 7) is 1.68. The number of likely N-dealkylation sites (N-methyl/N-ethyl adjacent to an activating group) is 1. The van der Waals surface area contributed by atoms with E-state index in [0.29, 0.717) is 48.9 Å². The van der Waals surface area contributed by atoms with Crippen molar-refractivity contribution in [2.24, 2.45) is 0 Å². The van der Waals surface area contributed by atoms with Crippen molar-refractivity contribution >= 4 is 17.7 Å². The smallest absolute Gasteiger partial charge is 0.378 e. The number of benzene rings is 2. The summed E-state index contributed by atoms with van der Waals surface area (Å²) in [4.78, 5) is 31.7. The number of ether oxygens (including phenoxy) is 1. The summed E-state index contributed by atoms with van der Waals surface area (Å²) in [5.41, 5.74) is -3.08. The molecule has 4 amide bonds. The Morgan fingerprint density at radius 3 is 1.93 bits per heavy atom. The third kappa shape index (κ3) is 6.26. The molecule has 4 rings (SSSR count). The van der Waals surface area contributed by atoms with E-state index < -0.39 is 53.0 Å². The molecule has 2 aliphatic rings. The fourth-order valence-corrected chi connectivity index (χ4v) is 4.95. The summed E-state index contributed by atoms with van der Waals surface area (Å²) in [6, 6.07) is 4.54. The van der Waals surface area contributed by atoms with Crippen molar-refractivity contribution in [2.45, 2.75) is 24.3 Å². The standard InChI is InChI=1S/C26H27F7N4O3/c1-34(20-12-17(25(28,29)30)11-18(13-20)26(31,32)33)23(38)35(2)22-15-37(24(39)36-7-9-40-10-8-36)14-21(22)16-3-5-19(27)6-4-16/h3-6,11-13,21-22H,7-10,14-15H2,1-2H3/t21-,22+/m0/s1. The minimum atomic E-state index is -5.08. The number of carbonyl (C=O) groups excluding carboxylic acids is 2. The summed E-state index contributed by atoms with van der Waals surface area (Å²) in [5.74, 6) is -0.992. The van der Waals surface area contributed by atoms with E-state index in [4.69, 9.17) is 4.74 Å². The quantitative estimate of drug-likeness (QED) is 0.468. The molecule has 218 valence electrons. The van der Waals surface area contributed by atoms with Crippen LogP contribution in [0.3, 0.4) is 0 Å². The van der Waals surface area contributed by atoms with Crippen molar-refractivity contribution < 1.29 is 45.1 Å². The fraction of sp³-hybridized carbons (Fsp3) is 0.462. The maximum absolute atomic E-state index is 13.6. The summed E-state index contributed by atoms with van der Waals surface area (Å²) in [7, 11) is 2.44. The Kier molecular flexibility index (Phi) is 8.20. The molecule has 2 aliphatic heterocycles. The van der Waals surface area contributed by atoms with Crippen LogP contribution in [-0.4, -0.2) is 86.3 Å². The number of halogens is 7. The average molecular weight is 577 g/mol. The molecule has 0 bridgehead atoms. The number of morpholine rings is 1. The lowest BCUT2D eigenvalue weighted by molar-refractivity contribution is -0.143. The van der Waals surface area contributed by atoms with Gasteiger partial charge in [0.2, 0.25) is 0 Å². The van der Waals surface area contributed by atoms with Crippen LogP contribution in [0.5, 0.6) is 0 Å². The van der Waals surface area contributed by atoms with Gasteiger partial charge >= 0.3 is 24.4 Å². The normalized spacial score (nSPS) is 20.0. The molecular weight excluding hydrogens is 549 g/mol. The number of carbonyl (C=O) groups is 2. The maximum Gasteiger partial charge on any atom is 0.416 e. The van der Waals surface area contributed by atoms with Gasteiger partial charge in [-0.25, -0.2) is 14.0 Å². The van der Waals surface area contributed by atoms with E-state index >= 15 is 0 Å². The molecular formula is C26H27F7N4O3. The Balaban J connectivity index is 1.63. The summed E-state index contributed by atoms with van der Waals surface area (Å²) in [5, 5.41) is 0. The molecule has 0 aliphatic carbocycles. The lowest BCUT2D eigenvalue weighted by Crippen LogP contribution is -2.50. The van der Waals surface area contributed by atoms with Crippen LogP contribution in [0.15, 0.2) is 42.5 Å². The Morgan fingerprint density at radius 2 is 1.40 bits per heavy atom. The van der Waals surface area contributed by atoms with Crippen molar-refractivity contribution in [3.05, 3.63) is 65.0 Å². The van der Waals surface area contributed by atoms with Gasteiger partial charge in [0.25, 0.3) is 0 Å². The molecule has 2 fully saturated rings. The van der Waals surface area contributed by atoms with Gasteiger partial charge in [-0.15, -0.1) is 0 Å². The van der Waals surface area contributed by atoms with Crippen LogP contribution >= 0.6 is 0 Å². The van der Waals surface area contributed by atoms with Crippen LogP contribution in [0.4, 0.5) is 46.0 Å². The van der Waals surface area contributed by atoms with Crippen molar-refractivity contribution in [1.82, 2.24) is 14.7 Å². The first-order valence-electron chi connectivity index (χ1n) is 12.3. The van der Waals surface area contributed by atoms with Gasteiger partial charge in [0, 0.05) is 51.9 Å². The van der Waals surface area contributed by atoms with Crippen molar-refractivity contribution in [3.63, 3.8) is 0 Å². The fourth-order valence-electron chi connectivity index (χ4n) is 4.95. The van der Waals surface area contributed by atoms with E-state index in [0.717, 1.165) is 7.05 Å². The highest BCUT2D eigenvalue weighted by atomic mass is 19.4. The summed E-state index contributed by atoms with van der Waals surface area (Å²) in [6.07, 6.45) is -10.2. The second kappa shape index (κ2) is 11.1. The molecule has 0 N–H and O–H groups in total. The highest BCUT2D eigenvalue weighted by Gasteiger charge is 2.43. The van der Waals surface area contributed by atoms with E-state index in [2.05, 4.69) is 0 Å². The highest BCUT2D eigenvalue weighted by molar-refractivity contribution is 5.92. The van der Waals surface area contributed by atoms with Gasteiger partial charge in [0.05, 0.1) is 30.4 Å². The average Bonchev–Trinajstić information content (AvgIpc) is 3.36. The van der Waals surface area contributed by atoms with E-state index in [1.165, 1.54) is 41.1 Å². The molecule has 0 radical (unpaired) electrons. The van der Waals surface area contributed by atoms with Crippen LogP contribution in [0, 0.1) is 5.82 Å². The van der Waals surface area contributed by atoms with Gasteiger partial charge in [-0.1, -0.05) is 12.1 Å². The van der Waals surface area contributed by atoms with Gasteiger partial charge in [0.1, 0.15) is 5.82 Å². The molecule has 14 heteroatoms. The van der Waals surface area contributed by atoms with E-state index in [9.17, 15) is 40.3 Å². The molecule has 7 nitrogen and oxygen atoms in total. The van der Waals surface area contributed by atoms with Crippen molar-refractivity contribution in [1.29, 1.82) is 0 Å². The topological polar surface area (TPSA) is 56.3 Å². The van der Waals surface area contributed by atoms with Gasteiger partial charge in [-0.3, -0.25) is 4.90 Å². The number of alkyl halides is 6. The van der Waals surface area contributed by atoms with Gasteiger partial charge in [-0.05, 0) is 35.9 Å². The van der Waals surface area contributed by atoms with Crippen LogP contribution in [0.25, 0.3) is 0 Å².